The van der Waals surface area contributed by atoms with Crippen molar-refractivity contribution in [1.82, 2.24) is 9.80 Å². The first kappa shape index (κ1) is 20.1. The number of ether oxygens (including phenoxy) is 1. The van der Waals surface area contributed by atoms with Crippen molar-refractivity contribution in [3.63, 3.8) is 0 Å². The van der Waals surface area contributed by atoms with Crippen LogP contribution in [0.25, 0.3) is 0 Å². The molecule has 1 fully saturated rings. The molecule has 8 heteroatoms. The second-order valence-corrected chi connectivity index (χ2v) is 7.57. The normalized spacial score (nSPS) is 19.7. The van der Waals surface area contributed by atoms with Gasteiger partial charge in [0.25, 0.3) is 11.8 Å². The maximum absolute atomic E-state index is 13.6. The average molecular weight is 438 g/mol. The molecule has 1 unspecified atom stereocenters. The molecule has 162 valence electrons. The molecule has 0 spiro atoms. The Hall–Kier alpha value is -3.81. The third-order valence-electron chi connectivity index (χ3n) is 5.86. The van der Waals surface area contributed by atoms with Gasteiger partial charge in [0.1, 0.15) is 5.75 Å². The van der Waals surface area contributed by atoms with Crippen LogP contribution in [0, 0.1) is 0 Å². The van der Waals surface area contributed by atoms with Gasteiger partial charge in [0.2, 0.25) is 0 Å². The largest absolute Gasteiger partial charge is 0.573 e. The van der Waals surface area contributed by atoms with Gasteiger partial charge < -0.3 is 14.5 Å². The fraction of sp³-hybridized carbons (Fsp3) is 0.167. The molecule has 2 amide bonds. The molecule has 0 radical (unpaired) electrons. The molecule has 0 bridgehead atoms. The van der Waals surface area contributed by atoms with Gasteiger partial charge in [-0.3, -0.25) is 9.59 Å². The summed E-state index contributed by atoms with van der Waals surface area (Å²) in [5.74, 6) is -0.954. The standard InChI is InChI=1S/C24H17F3N2O3/c25-24(26,27)32-18-12-10-16(11-13-18)21(30)28-14-15-29-22(31)19-8-4-5-9-20(19)23(28,29)17-6-2-1-3-7-17/h1-13H,14-15H2. The lowest BCUT2D eigenvalue weighted by Gasteiger charge is -2.40. The van der Waals surface area contributed by atoms with E-state index in [1.165, 1.54) is 12.1 Å². The highest BCUT2D eigenvalue weighted by molar-refractivity contribution is 6.03. The van der Waals surface area contributed by atoms with E-state index in [2.05, 4.69) is 4.74 Å². The predicted octanol–water partition coefficient (Wildman–Crippen LogP) is 4.40. The minimum absolute atomic E-state index is 0.159. The van der Waals surface area contributed by atoms with Crippen LogP contribution in [-0.2, 0) is 5.66 Å². The quantitative estimate of drug-likeness (QED) is 0.609. The van der Waals surface area contributed by atoms with E-state index in [9.17, 15) is 22.8 Å². The summed E-state index contributed by atoms with van der Waals surface area (Å²) in [4.78, 5) is 30.1. The van der Waals surface area contributed by atoms with Gasteiger partial charge >= 0.3 is 6.36 Å². The average Bonchev–Trinajstić information content (AvgIpc) is 3.29. The van der Waals surface area contributed by atoms with Gasteiger partial charge in [-0.1, -0.05) is 48.5 Å². The van der Waals surface area contributed by atoms with Crippen LogP contribution in [0.3, 0.4) is 0 Å². The number of fused-ring (bicyclic) bond motifs is 3. The molecule has 5 rings (SSSR count). The zero-order chi connectivity index (χ0) is 22.5. The summed E-state index contributed by atoms with van der Waals surface area (Å²) in [5, 5.41) is 0. The monoisotopic (exact) mass is 438 g/mol. The van der Waals surface area contributed by atoms with Gasteiger partial charge in [-0.05, 0) is 30.3 Å². The smallest absolute Gasteiger partial charge is 0.406 e. The summed E-state index contributed by atoms with van der Waals surface area (Å²) in [5.41, 5.74) is 1.09. The van der Waals surface area contributed by atoms with E-state index in [-0.39, 0.29) is 23.9 Å². The van der Waals surface area contributed by atoms with E-state index in [1.807, 2.05) is 42.5 Å². The number of carbonyl (C=O) groups excluding carboxylic acids is 2. The number of amides is 2. The summed E-state index contributed by atoms with van der Waals surface area (Å²) in [6.07, 6.45) is -4.81. The van der Waals surface area contributed by atoms with Crippen LogP contribution in [0.2, 0.25) is 0 Å². The lowest BCUT2D eigenvalue weighted by Crippen LogP contribution is -2.51. The molecule has 2 aliphatic rings. The highest BCUT2D eigenvalue weighted by Gasteiger charge is 2.59. The first-order valence-corrected chi connectivity index (χ1v) is 9.97. The highest BCUT2D eigenvalue weighted by Crippen LogP contribution is 2.50. The number of carbonyl (C=O) groups is 2. The summed E-state index contributed by atoms with van der Waals surface area (Å²) in [7, 11) is 0. The topological polar surface area (TPSA) is 49.9 Å². The summed E-state index contributed by atoms with van der Waals surface area (Å²) >= 11 is 0. The Kier molecular flexibility index (Phi) is 4.47. The maximum Gasteiger partial charge on any atom is 0.573 e. The molecule has 2 aliphatic heterocycles. The highest BCUT2D eigenvalue weighted by atomic mass is 19.4. The van der Waals surface area contributed by atoms with Gasteiger partial charge in [-0.25, -0.2) is 0 Å². The summed E-state index contributed by atoms with van der Waals surface area (Å²) in [6.45, 7) is 0.623. The molecular formula is C24H17F3N2O3. The molecule has 2 heterocycles. The predicted molar refractivity (Wildman–Crippen MR) is 109 cm³/mol. The van der Waals surface area contributed by atoms with Crippen molar-refractivity contribution in [2.45, 2.75) is 12.0 Å². The van der Waals surface area contributed by atoms with Crippen molar-refractivity contribution < 1.29 is 27.5 Å². The summed E-state index contributed by atoms with van der Waals surface area (Å²) < 4.78 is 41.3. The number of hydrogen-bond acceptors (Lipinski definition) is 3. The zero-order valence-electron chi connectivity index (χ0n) is 16.7. The van der Waals surface area contributed by atoms with Crippen molar-refractivity contribution in [2.24, 2.45) is 0 Å². The number of alkyl halides is 3. The maximum atomic E-state index is 13.6. The molecule has 32 heavy (non-hydrogen) atoms. The van der Waals surface area contributed by atoms with Crippen LogP contribution in [0.5, 0.6) is 5.75 Å². The Labute approximate surface area is 181 Å². The van der Waals surface area contributed by atoms with E-state index < -0.39 is 17.8 Å². The Balaban J connectivity index is 1.60. The van der Waals surface area contributed by atoms with Crippen molar-refractivity contribution in [3.05, 3.63) is 101 Å². The molecule has 1 atom stereocenters. The number of benzene rings is 3. The Morgan fingerprint density at radius 2 is 1.53 bits per heavy atom. The first-order chi connectivity index (χ1) is 15.3. The van der Waals surface area contributed by atoms with Crippen LogP contribution in [0.15, 0.2) is 78.9 Å². The Morgan fingerprint density at radius 3 is 2.22 bits per heavy atom. The minimum atomic E-state index is -4.81. The molecule has 0 aliphatic carbocycles. The van der Waals surface area contributed by atoms with Crippen molar-refractivity contribution in [1.29, 1.82) is 0 Å². The lowest BCUT2D eigenvalue weighted by molar-refractivity contribution is -0.274. The number of halogens is 3. The number of nitrogens with zero attached hydrogens (tertiary/aromatic N) is 2. The Bertz CT molecular complexity index is 1200. The van der Waals surface area contributed by atoms with E-state index in [0.717, 1.165) is 17.7 Å². The molecule has 0 saturated carbocycles. The van der Waals surface area contributed by atoms with Crippen molar-refractivity contribution >= 4 is 11.8 Å². The molecule has 3 aromatic rings. The van der Waals surface area contributed by atoms with Crippen LogP contribution in [-0.4, -0.2) is 41.1 Å². The number of hydrogen-bond donors (Lipinski definition) is 0. The van der Waals surface area contributed by atoms with Crippen molar-refractivity contribution in [2.75, 3.05) is 13.1 Å². The molecule has 5 nitrogen and oxygen atoms in total. The molecule has 3 aromatic carbocycles. The van der Waals surface area contributed by atoms with Crippen LogP contribution < -0.4 is 4.74 Å². The van der Waals surface area contributed by atoms with Gasteiger partial charge in [0, 0.05) is 35.3 Å². The number of rotatable bonds is 3. The van der Waals surface area contributed by atoms with Crippen molar-refractivity contribution in [3.8, 4) is 5.75 Å². The van der Waals surface area contributed by atoms with E-state index >= 15 is 0 Å². The first-order valence-electron chi connectivity index (χ1n) is 9.97. The third kappa shape index (κ3) is 2.94. The SMILES string of the molecule is O=C(c1ccc(OC(F)(F)F)cc1)N1CCN2C(=O)c3ccccc3C12c1ccccc1. The third-order valence-corrected chi connectivity index (χ3v) is 5.86. The fourth-order valence-electron chi connectivity index (χ4n) is 4.67. The van der Waals surface area contributed by atoms with Gasteiger partial charge in [-0.15, -0.1) is 13.2 Å². The Morgan fingerprint density at radius 1 is 0.875 bits per heavy atom. The zero-order valence-corrected chi connectivity index (χ0v) is 16.7. The lowest BCUT2D eigenvalue weighted by atomic mass is 9.89. The summed E-state index contributed by atoms with van der Waals surface area (Å²) in [6, 6.07) is 21.3. The molecule has 0 aromatic heterocycles. The van der Waals surface area contributed by atoms with E-state index in [1.54, 1.807) is 21.9 Å². The van der Waals surface area contributed by atoms with E-state index in [4.69, 9.17) is 0 Å². The van der Waals surface area contributed by atoms with Crippen LogP contribution in [0.1, 0.15) is 31.8 Å². The van der Waals surface area contributed by atoms with E-state index in [0.29, 0.717) is 17.7 Å². The second kappa shape index (κ2) is 7.12. The minimum Gasteiger partial charge on any atom is -0.406 e. The molecule has 1 saturated heterocycles. The second-order valence-electron chi connectivity index (χ2n) is 7.57. The van der Waals surface area contributed by atoms with Crippen LogP contribution >= 0.6 is 0 Å². The van der Waals surface area contributed by atoms with Gasteiger partial charge in [-0.2, -0.15) is 0 Å². The van der Waals surface area contributed by atoms with Crippen LogP contribution in [0.4, 0.5) is 13.2 Å². The van der Waals surface area contributed by atoms with Gasteiger partial charge in [0.05, 0.1) is 0 Å². The fourth-order valence-corrected chi connectivity index (χ4v) is 4.67. The molecule has 0 N–H and O–H groups in total. The van der Waals surface area contributed by atoms with Gasteiger partial charge in [0.15, 0.2) is 5.66 Å². The molecular weight excluding hydrogens is 421 g/mol.